The van der Waals surface area contributed by atoms with Crippen molar-refractivity contribution in [2.24, 2.45) is 0 Å². The number of hydrogen-bond acceptors (Lipinski definition) is 3. The zero-order chi connectivity index (χ0) is 15.5. The van der Waals surface area contributed by atoms with Gasteiger partial charge in [-0.2, -0.15) is 0 Å². The fourth-order valence-electron chi connectivity index (χ4n) is 1.93. The Labute approximate surface area is 135 Å². The summed E-state index contributed by atoms with van der Waals surface area (Å²) in [4.78, 5) is 16.2. The third-order valence-corrected chi connectivity index (χ3v) is 4.22. The molecule has 0 unspecified atom stereocenters. The molecule has 0 radical (unpaired) electrons. The number of nitrogens with one attached hydrogen (secondary N) is 1. The standard InChI is InChI=1S/C15H11ClFN3OS/c16-12-7-10(17)4-5-13(12)19-14(21)9-22-15-18-8-11-3-1-2-6-20(11)15/h1-8H,9H2,(H,19,21). The maximum atomic E-state index is 13.0. The summed E-state index contributed by atoms with van der Waals surface area (Å²) in [5, 5.41) is 3.56. The minimum atomic E-state index is -0.443. The monoisotopic (exact) mass is 335 g/mol. The molecule has 22 heavy (non-hydrogen) atoms. The van der Waals surface area contributed by atoms with Crippen LogP contribution in [0.15, 0.2) is 53.9 Å². The van der Waals surface area contributed by atoms with Crippen LogP contribution in [0.1, 0.15) is 0 Å². The highest BCUT2D eigenvalue weighted by atomic mass is 35.5. The van der Waals surface area contributed by atoms with E-state index in [9.17, 15) is 9.18 Å². The number of imidazole rings is 1. The Hall–Kier alpha value is -2.05. The molecule has 0 saturated heterocycles. The van der Waals surface area contributed by atoms with Crippen molar-refractivity contribution in [1.82, 2.24) is 9.38 Å². The van der Waals surface area contributed by atoms with E-state index < -0.39 is 5.82 Å². The lowest BCUT2D eigenvalue weighted by Gasteiger charge is -2.07. The summed E-state index contributed by atoms with van der Waals surface area (Å²) in [5.41, 5.74) is 1.36. The highest BCUT2D eigenvalue weighted by Gasteiger charge is 2.10. The Morgan fingerprint density at radius 3 is 3.05 bits per heavy atom. The molecule has 4 nitrogen and oxygen atoms in total. The van der Waals surface area contributed by atoms with Crippen LogP contribution in [-0.4, -0.2) is 21.0 Å². The van der Waals surface area contributed by atoms with Crippen molar-refractivity contribution in [2.45, 2.75) is 5.16 Å². The van der Waals surface area contributed by atoms with Crippen LogP contribution >= 0.6 is 23.4 Å². The summed E-state index contributed by atoms with van der Waals surface area (Å²) < 4.78 is 14.9. The lowest BCUT2D eigenvalue weighted by molar-refractivity contribution is -0.113. The van der Waals surface area contributed by atoms with Gasteiger partial charge in [0.25, 0.3) is 0 Å². The van der Waals surface area contributed by atoms with Crippen molar-refractivity contribution in [3.8, 4) is 0 Å². The zero-order valence-electron chi connectivity index (χ0n) is 11.3. The predicted molar refractivity (Wildman–Crippen MR) is 86.0 cm³/mol. The summed E-state index contributed by atoms with van der Waals surface area (Å²) in [6, 6.07) is 9.61. The van der Waals surface area contributed by atoms with Gasteiger partial charge in [-0.15, -0.1) is 0 Å². The van der Waals surface area contributed by atoms with Crippen molar-refractivity contribution in [2.75, 3.05) is 11.1 Å². The molecule has 1 aromatic carbocycles. The Morgan fingerprint density at radius 1 is 1.36 bits per heavy atom. The molecule has 3 aromatic rings. The molecule has 1 amide bonds. The molecule has 7 heteroatoms. The van der Waals surface area contributed by atoms with E-state index in [0.29, 0.717) is 5.69 Å². The SMILES string of the molecule is O=C(CSc1ncc2ccccn12)Nc1ccc(F)cc1Cl. The van der Waals surface area contributed by atoms with Crippen LogP contribution in [0.25, 0.3) is 5.52 Å². The highest BCUT2D eigenvalue weighted by molar-refractivity contribution is 7.99. The molecular formula is C15H11ClFN3OS. The maximum Gasteiger partial charge on any atom is 0.234 e. The maximum absolute atomic E-state index is 13.0. The van der Waals surface area contributed by atoms with E-state index in [1.807, 2.05) is 28.8 Å². The molecule has 0 saturated carbocycles. The van der Waals surface area contributed by atoms with Gasteiger partial charge >= 0.3 is 0 Å². The van der Waals surface area contributed by atoms with Crippen molar-refractivity contribution in [3.63, 3.8) is 0 Å². The van der Waals surface area contributed by atoms with E-state index in [1.54, 1.807) is 6.20 Å². The second-order valence-electron chi connectivity index (χ2n) is 4.50. The number of aromatic nitrogens is 2. The Kier molecular flexibility index (Phi) is 4.31. The minimum absolute atomic E-state index is 0.171. The van der Waals surface area contributed by atoms with Gasteiger partial charge in [0.1, 0.15) is 5.82 Å². The first-order chi connectivity index (χ1) is 10.6. The van der Waals surface area contributed by atoms with Crippen LogP contribution in [-0.2, 0) is 4.79 Å². The first kappa shape index (κ1) is 14.9. The smallest absolute Gasteiger partial charge is 0.234 e. The van der Waals surface area contributed by atoms with Crippen LogP contribution < -0.4 is 5.32 Å². The second kappa shape index (κ2) is 6.37. The molecule has 3 rings (SSSR count). The highest BCUT2D eigenvalue weighted by Crippen LogP contribution is 2.23. The summed E-state index contributed by atoms with van der Waals surface area (Å²) in [7, 11) is 0. The second-order valence-corrected chi connectivity index (χ2v) is 5.85. The van der Waals surface area contributed by atoms with Gasteiger partial charge in [0.15, 0.2) is 5.16 Å². The lowest BCUT2D eigenvalue weighted by atomic mass is 10.3. The summed E-state index contributed by atoms with van der Waals surface area (Å²) in [5.74, 6) is -0.491. The van der Waals surface area contributed by atoms with Gasteiger partial charge in [-0.3, -0.25) is 9.20 Å². The van der Waals surface area contributed by atoms with E-state index in [2.05, 4.69) is 10.3 Å². The number of rotatable bonds is 4. The fraction of sp³-hybridized carbons (Fsp3) is 0.0667. The Morgan fingerprint density at radius 2 is 2.23 bits per heavy atom. The van der Waals surface area contributed by atoms with E-state index in [0.717, 1.165) is 16.7 Å². The average Bonchev–Trinajstić information content (AvgIpc) is 2.91. The molecule has 0 spiro atoms. The largest absolute Gasteiger partial charge is 0.324 e. The van der Waals surface area contributed by atoms with Crippen molar-refractivity contribution >= 4 is 40.5 Å². The Bertz CT molecular complexity index is 837. The zero-order valence-corrected chi connectivity index (χ0v) is 12.9. The van der Waals surface area contributed by atoms with E-state index >= 15 is 0 Å². The minimum Gasteiger partial charge on any atom is -0.324 e. The van der Waals surface area contributed by atoms with Crippen LogP contribution in [0.2, 0.25) is 5.02 Å². The summed E-state index contributed by atoms with van der Waals surface area (Å²) in [6.45, 7) is 0. The molecule has 0 fully saturated rings. The number of benzene rings is 1. The molecular weight excluding hydrogens is 325 g/mol. The number of fused-ring (bicyclic) bond motifs is 1. The Balaban J connectivity index is 1.65. The number of pyridine rings is 1. The molecule has 0 aliphatic carbocycles. The quantitative estimate of drug-likeness (QED) is 0.736. The molecule has 112 valence electrons. The average molecular weight is 336 g/mol. The van der Waals surface area contributed by atoms with Gasteiger partial charge in [-0.25, -0.2) is 9.37 Å². The topological polar surface area (TPSA) is 46.4 Å². The molecule has 0 aliphatic heterocycles. The first-order valence-corrected chi connectivity index (χ1v) is 7.79. The number of amides is 1. The number of nitrogens with zero attached hydrogens (tertiary/aromatic N) is 2. The molecule has 2 aromatic heterocycles. The van der Waals surface area contributed by atoms with Gasteiger partial charge < -0.3 is 5.32 Å². The summed E-state index contributed by atoms with van der Waals surface area (Å²) >= 11 is 7.19. The number of carbonyl (C=O) groups is 1. The number of thioether (sulfide) groups is 1. The van der Waals surface area contributed by atoms with Crippen molar-refractivity contribution < 1.29 is 9.18 Å². The molecule has 2 heterocycles. The van der Waals surface area contributed by atoms with E-state index in [4.69, 9.17) is 11.6 Å². The number of carbonyl (C=O) groups excluding carboxylic acids is 1. The van der Waals surface area contributed by atoms with E-state index in [1.165, 1.54) is 23.9 Å². The summed E-state index contributed by atoms with van der Waals surface area (Å²) in [6.07, 6.45) is 3.64. The van der Waals surface area contributed by atoms with E-state index in [-0.39, 0.29) is 16.7 Å². The predicted octanol–water partition coefficient (Wildman–Crippen LogP) is 3.86. The molecule has 1 N–H and O–H groups in total. The first-order valence-electron chi connectivity index (χ1n) is 6.43. The lowest BCUT2D eigenvalue weighted by Crippen LogP contribution is -2.14. The van der Waals surface area contributed by atoms with Crippen LogP contribution in [0.5, 0.6) is 0 Å². The number of hydrogen-bond donors (Lipinski definition) is 1. The number of anilines is 1. The molecule has 0 atom stereocenters. The van der Waals surface area contributed by atoms with Crippen molar-refractivity contribution in [3.05, 3.63) is 59.6 Å². The van der Waals surface area contributed by atoms with Crippen LogP contribution in [0.3, 0.4) is 0 Å². The molecule has 0 aliphatic rings. The third kappa shape index (κ3) is 3.23. The van der Waals surface area contributed by atoms with Crippen LogP contribution in [0.4, 0.5) is 10.1 Å². The normalized spacial score (nSPS) is 10.8. The molecule has 0 bridgehead atoms. The van der Waals surface area contributed by atoms with Gasteiger partial charge in [-0.1, -0.05) is 29.4 Å². The third-order valence-electron chi connectivity index (χ3n) is 2.94. The van der Waals surface area contributed by atoms with Gasteiger partial charge in [0.2, 0.25) is 5.91 Å². The van der Waals surface area contributed by atoms with Gasteiger partial charge in [-0.05, 0) is 30.3 Å². The fourth-order valence-corrected chi connectivity index (χ4v) is 2.91. The van der Waals surface area contributed by atoms with Gasteiger partial charge in [0.05, 0.1) is 28.2 Å². The van der Waals surface area contributed by atoms with Crippen molar-refractivity contribution in [1.29, 1.82) is 0 Å². The van der Waals surface area contributed by atoms with Gasteiger partial charge in [0, 0.05) is 6.20 Å². The van der Waals surface area contributed by atoms with Crippen LogP contribution in [0, 0.1) is 5.82 Å². The number of halogens is 2.